The quantitative estimate of drug-likeness (QED) is 0.684. The number of hydrogen-bond acceptors (Lipinski definition) is 7. The van der Waals surface area contributed by atoms with Crippen LogP contribution in [-0.4, -0.2) is 36.1 Å². The Balaban J connectivity index is 1.67. The highest BCUT2D eigenvalue weighted by Crippen LogP contribution is 2.32. The summed E-state index contributed by atoms with van der Waals surface area (Å²) in [5.74, 6) is -0.176. The number of hydrogen-bond donors (Lipinski definition) is 1. The molecule has 0 aliphatic rings. The van der Waals surface area contributed by atoms with E-state index in [9.17, 15) is 4.79 Å². The number of nitrogens with one attached hydrogen (secondary N) is 1. The van der Waals surface area contributed by atoms with Gasteiger partial charge in [-0.3, -0.25) is 10.1 Å². The number of aromatic nitrogens is 5. The fourth-order valence-corrected chi connectivity index (χ4v) is 3.67. The minimum atomic E-state index is -0.347. The van der Waals surface area contributed by atoms with Gasteiger partial charge in [-0.15, -0.1) is 20.4 Å². The van der Waals surface area contributed by atoms with Gasteiger partial charge in [0.1, 0.15) is 6.33 Å². The first kappa shape index (κ1) is 16.9. The predicted octanol–water partition coefficient (Wildman–Crippen LogP) is 3.11. The molecule has 124 valence electrons. The average molecular weight is 381 g/mol. The van der Waals surface area contributed by atoms with Crippen LogP contribution in [0.4, 0.5) is 5.13 Å². The van der Waals surface area contributed by atoms with Gasteiger partial charge in [-0.25, -0.2) is 0 Å². The van der Waals surface area contributed by atoms with Crippen molar-refractivity contribution in [2.24, 2.45) is 7.05 Å². The maximum absolute atomic E-state index is 12.3. The summed E-state index contributed by atoms with van der Waals surface area (Å²) in [5, 5.41) is 20.6. The van der Waals surface area contributed by atoms with Crippen LogP contribution in [0.2, 0.25) is 5.02 Å². The minimum absolute atomic E-state index is 0.176. The van der Waals surface area contributed by atoms with Crippen molar-refractivity contribution in [2.45, 2.75) is 17.3 Å². The van der Waals surface area contributed by atoms with E-state index >= 15 is 0 Å². The molecule has 0 fully saturated rings. The van der Waals surface area contributed by atoms with Crippen molar-refractivity contribution in [1.29, 1.82) is 0 Å². The van der Waals surface area contributed by atoms with Crippen molar-refractivity contribution in [3.8, 4) is 10.6 Å². The van der Waals surface area contributed by atoms with Crippen LogP contribution in [0.15, 0.2) is 35.7 Å². The van der Waals surface area contributed by atoms with Crippen molar-refractivity contribution in [1.82, 2.24) is 25.0 Å². The number of amides is 1. The van der Waals surface area contributed by atoms with Gasteiger partial charge in [0, 0.05) is 12.6 Å². The molecule has 2 heterocycles. The number of nitrogens with zero attached hydrogens (tertiary/aromatic N) is 5. The van der Waals surface area contributed by atoms with Crippen molar-refractivity contribution >= 4 is 45.7 Å². The number of rotatable bonds is 5. The molecule has 1 N–H and O–H groups in total. The molecule has 24 heavy (non-hydrogen) atoms. The molecule has 3 rings (SSSR count). The van der Waals surface area contributed by atoms with E-state index in [1.54, 1.807) is 23.9 Å². The van der Waals surface area contributed by atoms with E-state index in [2.05, 4.69) is 25.7 Å². The lowest BCUT2D eigenvalue weighted by Crippen LogP contribution is -2.22. The molecule has 3 aromatic rings. The SMILES string of the molecule is CC(Sc1nncn1C)C(=O)Nc1nnc(-c2ccccc2Cl)s1. The van der Waals surface area contributed by atoms with Gasteiger partial charge in [0.25, 0.3) is 0 Å². The van der Waals surface area contributed by atoms with Crippen LogP contribution >= 0.6 is 34.7 Å². The van der Waals surface area contributed by atoms with E-state index in [4.69, 9.17) is 11.6 Å². The van der Waals surface area contributed by atoms with Crippen molar-refractivity contribution < 1.29 is 4.79 Å². The second-order valence-corrected chi connectivity index (χ2v) is 7.56. The largest absolute Gasteiger partial charge is 0.312 e. The van der Waals surface area contributed by atoms with Crippen molar-refractivity contribution in [3.63, 3.8) is 0 Å². The fraction of sp³-hybridized carbons (Fsp3) is 0.214. The van der Waals surface area contributed by atoms with Crippen LogP contribution in [0, 0.1) is 0 Å². The average Bonchev–Trinajstić information content (AvgIpc) is 3.17. The normalized spacial score (nSPS) is 12.1. The second kappa shape index (κ2) is 7.29. The maximum Gasteiger partial charge on any atom is 0.239 e. The Morgan fingerprint density at radius 2 is 2.12 bits per heavy atom. The lowest BCUT2D eigenvalue weighted by atomic mass is 10.2. The monoisotopic (exact) mass is 380 g/mol. The Kier molecular flexibility index (Phi) is 5.12. The van der Waals surface area contributed by atoms with Gasteiger partial charge in [-0.1, -0.05) is 52.9 Å². The number of carbonyl (C=O) groups excluding carboxylic acids is 1. The number of thioether (sulfide) groups is 1. The van der Waals surface area contributed by atoms with E-state index < -0.39 is 0 Å². The molecular formula is C14H13ClN6OS2. The van der Waals surface area contributed by atoms with Gasteiger partial charge < -0.3 is 4.57 Å². The third-order valence-electron chi connectivity index (χ3n) is 3.08. The molecule has 7 nitrogen and oxygen atoms in total. The second-order valence-electron chi connectivity index (χ2n) is 4.87. The number of anilines is 1. The molecule has 0 aliphatic heterocycles. The van der Waals surface area contributed by atoms with Crippen LogP contribution < -0.4 is 5.32 Å². The highest BCUT2D eigenvalue weighted by molar-refractivity contribution is 8.00. The van der Waals surface area contributed by atoms with Gasteiger partial charge in [0.15, 0.2) is 10.2 Å². The first-order valence-corrected chi connectivity index (χ1v) is 9.02. The Morgan fingerprint density at radius 3 is 2.83 bits per heavy atom. The first-order valence-electron chi connectivity index (χ1n) is 6.94. The molecule has 0 bridgehead atoms. The summed E-state index contributed by atoms with van der Waals surface area (Å²) < 4.78 is 1.76. The Labute approximate surface area is 151 Å². The zero-order chi connectivity index (χ0) is 17.1. The molecule has 1 unspecified atom stereocenters. The minimum Gasteiger partial charge on any atom is -0.312 e. The highest BCUT2D eigenvalue weighted by atomic mass is 35.5. The molecule has 0 aliphatic carbocycles. The Hall–Kier alpha value is -1.97. The van der Waals surface area contributed by atoms with Crippen LogP contribution in [0.25, 0.3) is 10.6 Å². The molecule has 0 spiro atoms. The van der Waals surface area contributed by atoms with Gasteiger partial charge in [0.05, 0.1) is 10.3 Å². The predicted molar refractivity (Wildman–Crippen MR) is 95.3 cm³/mol. The lowest BCUT2D eigenvalue weighted by molar-refractivity contribution is -0.115. The number of carbonyl (C=O) groups is 1. The van der Waals surface area contributed by atoms with Gasteiger partial charge in [-0.05, 0) is 13.0 Å². The zero-order valence-corrected chi connectivity index (χ0v) is 15.2. The Morgan fingerprint density at radius 1 is 1.33 bits per heavy atom. The molecule has 1 aromatic carbocycles. The van der Waals surface area contributed by atoms with Crippen LogP contribution in [0.5, 0.6) is 0 Å². The lowest BCUT2D eigenvalue weighted by Gasteiger charge is -2.08. The van der Waals surface area contributed by atoms with Gasteiger partial charge in [0.2, 0.25) is 11.0 Å². The summed E-state index contributed by atoms with van der Waals surface area (Å²) in [6.45, 7) is 1.80. The van der Waals surface area contributed by atoms with E-state index in [0.29, 0.717) is 20.3 Å². The molecule has 1 atom stereocenters. The first-order chi connectivity index (χ1) is 11.5. The van der Waals surface area contributed by atoms with E-state index in [1.807, 2.05) is 25.2 Å². The van der Waals surface area contributed by atoms with Crippen LogP contribution in [-0.2, 0) is 11.8 Å². The molecule has 2 aromatic heterocycles. The molecule has 0 saturated carbocycles. The highest BCUT2D eigenvalue weighted by Gasteiger charge is 2.19. The fourth-order valence-electron chi connectivity index (χ4n) is 1.82. The van der Waals surface area contributed by atoms with Gasteiger partial charge >= 0.3 is 0 Å². The van der Waals surface area contributed by atoms with Gasteiger partial charge in [-0.2, -0.15) is 0 Å². The van der Waals surface area contributed by atoms with E-state index in [1.165, 1.54) is 23.1 Å². The zero-order valence-electron chi connectivity index (χ0n) is 12.8. The van der Waals surface area contributed by atoms with E-state index in [-0.39, 0.29) is 11.2 Å². The summed E-state index contributed by atoms with van der Waals surface area (Å²) in [5.41, 5.74) is 0.790. The van der Waals surface area contributed by atoms with Crippen molar-refractivity contribution in [3.05, 3.63) is 35.6 Å². The van der Waals surface area contributed by atoms with E-state index in [0.717, 1.165) is 5.56 Å². The van der Waals surface area contributed by atoms with Crippen molar-refractivity contribution in [2.75, 3.05) is 5.32 Å². The summed E-state index contributed by atoms with van der Waals surface area (Å²) >= 11 is 8.75. The third kappa shape index (κ3) is 3.74. The summed E-state index contributed by atoms with van der Waals surface area (Å²) in [7, 11) is 1.83. The number of aryl methyl sites for hydroxylation is 1. The summed E-state index contributed by atoms with van der Waals surface area (Å²) in [4.78, 5) is 12.3. The molecule has 10 heteroatoms. The molecular weight excluding hydrogens is 368 g/mol. The van der Waals surface area contributed by atoms with Crippen LogP contribution in [0.1, 0.15) is 6.92 Å². The molecule has 0 radical (unpaired) electrons. The topological polar surface area (TPSA) is 85.6 Å². The number of halogens is 1. The summed E-state index contributed by atoms with van der Waals surface area (Å²) in [6, 6.07) is 7.37. The third-order valence-corrected chi connectivity index (χ3v) is 5.43. The Bertz CT molecular complexity index is 864. The summed E-state index contributed by atoms with van der Waals surface area (Å²) in [6.07, 6.45) is 1.59. The maximum atomic E-state index is 12.3. The smallest absolute Gasteiger partial charge is 0.239 e. The standard InChI is InChI=1S/C14H13ClN6OS2/c1-8(23-14-20-16-7-21(14)2)11(22)17-13-19-18-12(24-13)9-5-3-4-6-10(9)15/h3-8H,1-2H3,(H,17,19,22). The molecule has 1 amide bonds. The van der Waals surface area contributed by atoms with Crippen LogP contribution in [0.3, 0.4) is 0 Å². The molecule has 0 saturated heterocycles. The number of benzene rings is 1.